The van der Waals surface area contributed by atoms with Gasteiger partial charge in [0.05, 0.1) is 5.56 Å². The van der Waals surface area contributed by atoms with Crippen LogP contribution in [0.3, 0.4) is 0 Å². The fourth-order valence-electron chi connectivity index (χ4n) is 0.828. The molecule has 72 valence electrons. The van der Waals surface area contributed by atoms with Gasteiger partial charge in [-0.2, -0.15) is 13.2 Å². The zero-order chi connectivity index (χ0) is 10.2. The fourth-order valence-corrected chi connectivity index (χ4v) is 1.28. The van der Waals surface area contributed by atoms with Crippen LogP contribution >= 0.6 is 15.9 Å². The predicted octanol–water partition coefficient (Wildman–Crippen LogP) is 3.48. The van der Waals surface area contributed by atoms with Gasteiger partial charge in [0, 0.05) is 10.0 Å². The number of benzene rings is 1. The van der Waals surface area contributed by atoms with Crippen molar-refractivity contribution >= 4 is 15.9 Å². The van der Waals surface area contributed by atoms with Crippen molar-refractivity contribution in [2.75, 3.05) is 0 Å². The van der Waals surface area contributed by atoms with Crippen LogP contribution in [-0.2, 0) is 6.18 Å². The van der Waals surface area contributed by atoms with Gasteiger partial charge < -0.3 is 5.11 Å². The van der Waals surface area contributed by atoms with Gasteiger partial charge in [-0.3, -0.25) is 0 Å². The second-order valence-corrected chi connectivity index (χ2v) is 3.45. The lowest BCUT2D eigenvalue weighted by atomic mass is 10.1. The molecule has 1 rings (SSSR count). The van der Waals surface area contributed by atoms with Crippen molar-refractivity contribution in [3.63, 3.8) is 0 Å². The Bertz CT molecular complexity index is 310. The number of rotatable bonds is 0. The van der Waals surface area contributed by atoms with Crippen LogP contribution in [0.5, 0.6) is 5.75 Å². The highest BCUT2D eigenvalue weighted by Gasteiger charge is 2.31. The average Bonchev–Trinajstić information content (AvgIpc) is 1.97. The zero-order valence-corrected chi connectivity index (χ0v) is 8.20. The molecule has 1 nitrogen and oxygen atoms in total. The van der Waals surface area contributed by atoms with Crippen LogP contribution < -0.4 is 0 Å². The normalized spacial score (nSPS) is 11.8. The molecule has 0 radical (unpaired) electrons. The van der Waals surface area contributed by atoms with E-state index in [9.17, 15) is 13.2 Å². The van der Waals surface area contributed by atoms with E-state index in [1.54, 1.807) is 0 Å². The second-order valence-electron chi connectivity index (χ2n) is 2.60. The van der Waals surface area contributed by atoms with Gasteiger partial charge in [0.2, 0.25) is 0 Å². The van der Waals surface area contributed by atoms with Crippen LogP contribution in [0.15, 0.2) is 16.6 Å². The predicted molar refractivity (Wildman–Crippen MR) is 45.5 cm³/mol. The summed E-state index contributed by atoms with van der Waals surface area (Å²) in [6, 6.07) is 1.65. The summed E-state index contributed by atoms with van der Waals surface area (Å²) in [6.45, 7) is 1.53. The van der Waals surface area contributed by atoms with E-state index in [1.807, 2.05) is 0 Å². The Hall–Kier alpha value is -0.710. The topological polar surface area (TPSA) is 20.2 Å². The Labute approximate surface area is 81.3 Å². The van der Waals surface area contributed by atoms with Gasteiger partial charge in [-0.1, -0.05) is 15.9 Å². The van der Waals surface area contributed by atoms with Gasteiger partial charge in [-0.05, 0) is 19.1 Å². The van der Waals surface area contributed by atoms with E-state index in [4.69, 9.17) is 5.11 Å². The zero-order valence-electron chi connectivity index (χ0n) is 6.61. The number of halogens is 4. The average molecular weight is 255 g/mol. The third-order valence-corrected chi connectivity index (χ3v) is 2.47. The summed E-state index contributed by atoms with van der Waals surface area (Å²) < 4.78 is 36.7. The molecule has 0 aliphatic carbocycles. The highest BCUT2D eigenvalue weighted by molar-refractivity contribution is 9.10. The SMILES string of the molecule is Cc1c(O)cc(C(F)(F)F)cc1Br. The molecule has 0 saturated heterocycles. The molecule has 13 heavy (non-hydrogen) atoms. The summed E-state index contributed by atoms with van der Waals surface area (Å²) in [6.07, 6.45) is -4.42. The molecule has 0 saturated carbocycles. The minimum absolute atomic E-state index is 0.250. The largest absolute Gasteiger partial charge is 0.508 e. The first kappa shape index (κ1) is 10.4. The van der Waals surface area contributed by atoms with Gasteiger partial charge in [0.1, 0.15) is 5.75 Å². The first-order valence-corrected chi connectivity index (χ1v) is 4.18. The Kier molecular flexibility index (Phi) is 2.56. The van der Waals surface area contributed by atoms with Crippen molar-refractivity contribution in [1.29, 1.82) is 0 Å². The van der Waals surface area contributed by atoms with Gasteiger partial charge >= 0.3 is 6.18 Å². The van der Waals surface area contributed by atoms with Crippen LogP contribution in [0.25, 0.3) is 0 Å². The van der Waals surface area contributed by atoms with Gasteiger partial charge in [0.25, 0.3) is 0 Å². The highest BCUT2D eigenvalue weighted by Crippen LogP contribution is 2.35. The standard InChI is InChI=1S/C8H6BrF3O/c1-4-6(9)2-5(3-7(4)13)8(10,11)12/h2-3,13H,1H3. The maximum absolute atomic E-state index is 12.1. The first-order chi connectivity index (χ1) is 5.82. The fraction of sp³-hybridized carbons (Fsp3) is 0.250. The van der Waals surface area contributed by atoms with E-state index < -0.39 is 11.7 Å². The lowest BCUT2D eigenvalue weighted by Crippen LogP contribution is -2.04. The molecule has 0 aromatic heterocycles. The second kappa shape index (κ2) is 3.21. The van der Waals surface area contributed by atoms with Crippen molar-refractivity contribution < 1.29 is 18.3 Å². The number of hydrogen-bond donors (Lipinski definition) is 1. The lowest BCUT2D eigenvalue weighted by molar-refractivity contribution is -0.137. The maximum Gasteiger partial charge on any atom is 0.416 e. The monoisotopic (exact) mass is 254 g/mol. The van der Waals surface area contributed by atoms with Crippen molar-refractivity contribution in [3.8, 4) is 5.75 Å². The Balaban J connectivity index is 3.29. The summed E-state index contributed by atoms with van der Waals surface area (Å²) >= 11 is 2.93. The van der Waals surface area contributed by atoms with Crippen molar-refractivity contribution in [2.45, 2.75) is 13.1 Å². The Morgan fingerprint density at radius 1 is 1.31 bits per heavy atom. The molecule has 0 atom stereocenters. The molecular weight excluding hydrogens is 249 g/mol. The van der Waals surface area contributed by atoms with Crippen LogP contribution in [-0.4, -0.2) is 5.11 Å². The van der Waals surface area contributed by atoms with Crippen LogP contribution in [0.1, 0.15) is 11.1 Å². The number of alkyl halides is 3. The third kappa shape index (κ3) is 2.15. The van der Waals surface area contributed by atoms with Crippen molar-refractivity contribution in [3.05, 3.63) is 27.7 Å². The summed E-state index contributed by atoms with van der Waals surface area (Å²) in [5, 5.41) is 9.11. The van der Waals surface area contributed by atoms with E-state index in [1.165, 1.54) is 6.92 Å². The van der Waals surface area contributed by atoms with Gasteiger partial charge in [0.15, 0.2) is 0 Å². The molecule has 0 spiro atoms. The summed E-state index contributed by atoms with van der Waals surface area (Å²) in [4.78, 5) is 0. The highest BCUT2D eigenvalue weighted by atomic mass is 79.9. The van der Waals surface area contributed by atoms with Gasteiger partial charge in [-0.25, -0.2) is 0 Å². The number of phenolic OH excluding ortho intramolecular Hbond substituents is 1. The van der Waals surface area contributed by atoms with Crippen molar-refractivity contribution in [1.82, 2.24) is 0 Å². The molecule has 1 aromatic carbocycles. The quantitative estimate of drug-likeness (QED) is 0.752. The molecule has 0 unspecified atom stereocenters. The molecular formula is C8H6BrF3O. The van der Waals surface area contributed by atoms with Crippen LogP contribution in [0.2, 0.25) is 0 Å². The maximum atomic E-state index is 12.1. The number of hydrogen-bond acceptors (Lipinski definition) is 1. The minimum atomic E-state index is -4.42. The van der Waals surface area contributed by atoms with E-state index in [2.05, 4.69) is 15.9 Å². The summed E-state index contributed by atoms with van der Waals surface area (Å²) in [7, 11) is 0. The van der Waals surface area contributed by atoms with Gasteiger partial charge in [-0.15, -0.1) is 0 Å². The number of aromatic hydroxyl groups is 1. The molecule has 0 heterocycles. The minimum Gasteiger partial charge on any atom is -0.508 e. The molecule has 0 bridgehead atoms. The van der Waals surface area contributed by atoms with Crippen molar-refractivity contribution in [2.24, 2.45) is 0 Å². The van der Waals surface area contributed by atoms with E-state index in [0.717, 1.165) is 6.07 Å². The molecule has 0 aliphatic rings. The number of phenols is 1. The molecule has 5 heteroatoms. The molecule has 0 aliphatic heterocycles. The molecule has 1 N–H and O–H groups in total. The molecule has 0 amide bonds. The van der Waals surface area contributed by atoms with Crippen LogP contribution in [0.4, 0.5) is 13.2 Å². The Morgan fingerprint density at radius 2 is 1.85 bits per heavy atom. The molecule has 1 aromatic rings. The first-order valence-electron chi connectivity index (χ1n) is 3.38. The van der Waals surface area contributed by atoms with E-state index >= 15 is 0 Å². The third-order valence-electron chi connectivity index (χ3n) is 1.64. The smallest absolute Gasteiger partial charge is 0.416 e. The summed E-state index contributed by atoms with van der Waals surface area (Å²) in [5.41, 5.74) is -0.463. The lowest BCUT2D eigenvalue weighted by Gasteiger charge is -2.09. The Morgan fingerprint density at radius 3 is 2.23 bits per heavy atom. The summed E-state index contributed by atoms with van der Waals surface area (Å²) in [5.74, 6) is -0.360. The van der Waals surface area contributed by atoms with Crippen LogP contribution in [0, 0.1) is 6.92 Å². The van der Waals surface area contributed by atoms with E-state index in [-0.39, 0.29) is 10.2 Å². The molecule has 0 fully saturated rings. The van der Waals surface area contributed by atoms with E-state index in [0.29, 0.717) is 11.6 Å².